The first-order valence-electron chi connectivity index (χ1n) is 8.25. The van der Waals surface area contributed by atoms with Gasteiger partial charge in [0.1, 0.15) is 0 Å². The van der Waals surface area contributed by atoms with Gasteiger partial charge in [0.15, 0.2) is 0 Å². The van der Waals surface area contributed by atoms with Crippen LogP contribution >= 0.6 is 0 Å². The van der Waals surface area contributed by atoms with Crippen molar-refractivity contribution in [2.75, 3.05) is 27.2 Å². The van der Waals surface area contributed by atoms with Crippen molar-refractivity contribution < 1.29 is 4.79 Å². The lowest BCUT2D eigenvalue weighted by Crippen LogP contribution is -2.54. The number of nitrogens with zero attached hydrogens (tertiary/aromatic N) is 2. The van der Waals surface area contributed by atoms with Crippen LogP contribution in [0, 0.1) is 12.3 Å². The number of hydrogen-bond donors (Lipinski definition) is 1. The van der Waals surface area contributed by atoms with E-state index in [1.807, 2.05) is 0 Å². The number of rotatable bonds is 3. The summed E-state index contributed by atoms with van der Waals surface area (Å²) in [5.41, 5.74) is 1.31. The molecule has 1 heterocycles. The fourth-order valence-electron chi connectivity index (χ4n) is 4.19. The van der Waals surface area contributed by atoms with Gasteiger partial charge in [-0.2, -0.15) is 0 Å². The molecule has 1 aromatic carbocycles. The standard InChI is InChI=1S/C19H25N3O/c1-4-14-22-15-18(20-17(22)23)10-12-19(13-11-18,21(2)3)16-8-6-5-7-9-16/h1,5-9H,10-15H2,2-3H3,(H,20,23)/t18-,19+. The van der Waals surface area contributed by atoms with Crippen molar-refractivity contribution in [3.05, 3.63) is 35.9 Å². The first-order valence-corrected chi connectivity index (χ1v) is 8.25. The molecular formula is C19H25N3O. The predicted octanol–water partition coefficient (Wildman–Crippen LogP) is 2.41. The van der Waals surface area contributed by atoms with Crippen molar-refractivity contribution in [3.63, 3.8) is 0 Å². The van der Waals surface area contributed by atoms with Crippen LogP contribution in [0.5, 0.6) is 0 Å². The maximum Gasteiger partial charge on any atom is 0.318 e. The maximum absolute atomic E-state index is 12.1. The summed E-state index contributed by atoms with van der Waals surface area (Å²) in [6, 6.07) is 10.7. The molecule has 1 saturated heterocycles. The van der Waals surface area contributed by atoms with E-state index < -0.39 is 0 Å². The van der Waals surface area contributed by atoms with E-state index in [9.17, 15) is 4.79 Å². The minimum Gasteiger partial charge on any atom is -0.331 e. The molecule has 1 spiro atoms. The van der Waals surface area contributed by atoms with Gasteiger partial charge >= 0.3 is 6.03 Å². The molecule has 0 atom stereocenters. The molecule has 23 heavy (non-hydrogen) atoms. The highest BCUT2D eigenvalue weighted by Crippen LogP contribution is 2.45. The lowest BCUT2D eigenvalue weighted by atomic mass is 9.69. The van der Waals surface area contributed by atoms with E-state index in [-0.39, 0.29) is 17.1 Å². The average Bonchev–Trinajstić information content (AvgIpc) is 2.85. The maximum atomic E-state index is 12.1. The van der Waals surface area contributed by atoms with Crippen molar-refractivity contribution in [1.82, 2.24) is 15.1 Å². The van der Waals surface area contributed by atoms with Crippen LogP contribution in [0.15, 0.2) is 30.3 Å². The van der Waals surface area contributed by atoms with Crippen LogP contribution in [0.1, 0.15) is 31.2 Å². The molecule has 4 heteroatoms. The second-order valence-corrected chi connectivity index (χ2v) is 7.06. The summed E-state index contributed by atoms with van der Waals surface area (Å²) in [5, 5.41) is 3.21. The van der Waals surface area contributed by atoms with Gasteiger partial charge in [0.2, 0.25) is 0 Å². The molecule has 2 amide bonds. The van der Waals surface area contributed by atoms with Crippen LogP contribution in [0.2, 0.25) is 0 Å². The van der Waals surface area contributed by atoms with Gasteiger partial charge in [-0.15, -0.1) is 6.42 Å². The first-order chi connectivity index (χ1) is 11.0. The van der Waals surface area contributed by atoms with Gasteiger partial charge in [0.25, 0.3) is 0 Å². The van der Waals surface area contributed by atoms with Crippen LogP contribution < -0.4 is 5.32 Å². The molecule has 4 nitrogen and oxygen atoms in total. The molecule has 1 aliphatic carbocycles. The molecule has 2 fully saturated rings. The zero-order valence-electron chi connectivity index (χ0n) is 14.0. The summed E-state index contributed by atoms with van der Waals surface area (Å²) in [5.74, 6) is 2.58. The van der Waals surface area contributed by atoms with Crippen molar-refractivity contribution in [2.45, 2.75) is 36.8 Å². The topological polar surface area (TPSA) is 35.6 Å². The number of terminal acetylenes is 1. The number of urea groups is 1. The lowest BCUT2D eigenvalue weighted by Gasteiger charge is -2.48. The minimum absolute atomic E-state index is 0.0139. The summed E-state index contributed by atoms with van der Waals surface area (Å²) in [6.07, 6.45) is 9.40. The Hall–Kier alpha value is -1.99. The van der Waals surface area contributed by atoms with Crippen LogP contribution in [-0.2, 0) is 5.54 Å². The number of hydrogen-bond acceptors (Lipinski definition) is 2. The fraction of sp³-hybridized carbons (Fsp3) is 0.526. The third-order valence-corrected chi connectivity index (χ3v) is 5.64. The quantitative estimate of drug-likeness (QED) is 0.870. The van der Waals surface area contributed by atoms with Crippen LogP contribution in [0.4, 0.5) is 4.79 Å². The Morgan fingerprint density at radius 1 is 1.22 bits per heavy atom. The molecule has 1 aliphatic heterocycles. The summed E-state index contributed by atoms with van der Waals surface area (Å²) < 4.78 is 0. The van der Waals surface area contributed by atoms with E-state index in [2.05, 4.69) is 60.6 Å². The smallest absolute Gasteiger partial charge is 0.318 e. The van der Waals surface area contributed by atoms with Crippen LogP contribution in [0.3, 0.4) is 0 Å². The number of carbonyl (C=O) groups is 1. The largest absolute Gasteiger partial charge is 0.331 e. The van der Waals surface area contributed by atoms with Gasteiger partial charge in [-0.05, 0) is 45.3 Å². The van der Waals surface area contributed by atoms with Gasteiger partial charge in [-0.25, -0.2) is 4.79 Å². The molecular weight excluding hydrogens is 286 g/mol. The number of amides is 2. The molecule has 1 saturated carbocycles. The van der Waals surface area contributed by atoms with Crippen molar-refractivity contribution in [3.8, 4) is 12.3 Å². The molecule has 122 valence electrons. The SMILES string of the molecule is C#CCN1C[C@]2(CC[C@](c3ccccc3)(N(C)C)CC2)NC1=O. The molecule has 0 bridgehead atoms. The molecule has 1 aromatic rings. The van der Waals surface area contributed by atoms with E-state index in [1.165, 1.54) is 5.56 Å². The second-order valence-electron chi connectivity index (χ2n) is 7.06. The minimum atomic E-state index is -0.109. The lowest BCUT2D eigenvalue weighted by molar-refractivity contribution is 0.0624. The summed E-state index contributed by atoms with van der Waals surface area (Å²) >= 11 is 0. The zero-order chi connectivity index (χ0) is 16.5. The molecule has 0 radical (unpaired) electrons. The van der Waals surface area contributed by atoms with Crippen molar-refractivity contribution in [2.24, 2.45) is 0 Å². The highest BCUT2D eigenvalue weighted by atomic mass is 16.2. The van der Waals surface area contributed by atoms with Gasteiger partial charge in [-0.3, -0.25) is 4.90 Å². The van der Waals surface area contributed by atoms with Crippen LogP contribution in [-0.4, -0.2) is 48.6 Å². The molecule has 0 unspecified atom stereocenters. The third kappa shape index (κ3) is 2.70. The van der Waals surface area contributed by atoms with E-state index in [0.29, 0.717) is 6.54 Å². The summed E-state index contributed by atoms with van der Waals surface area (Å²) in [4.78, 5) is 16.2. The van der Waals surface area contributed by atoms with Crippen molar-refractivity contribution >= 4 is 6.03 Å². The Kier molecular flexibility index (Phi) is 4.08. The third-order valence-electron chi connectivity index (χ3n) is 5.64. The summed E-state index contributed by atoms with van der Waals surface area (Å²) in [6.45, 7) is 1.12. The van der Waals surface area contributed by atoms with Gasteiger partial charge < -0.3 is 10.2 Å². The molecule has 2 aliphatic rings. The number of nitrogens with one attached hydrogen (secondary N) is 1. The highest BCUT2D eigenvalue weighted by molar-refractivity contribution is 5.78. The predicted molar refractivity (Wildman–Crippen MR) is 91.9 cm³/mol. The Labute approximate surface area is 138 Å². The molecule has 3 rings (SSSR count). The second kappa shape index (κ2) is 5.90. The van der Waals surface area contributed by atoms with Crippen LogP contribution in [0.25, 0.3) is 0 Å². The van der Waals surface area contributed by atoms with Gasteiger partial charge in [-0.1, -0.05) is 36.3 Å². The average molecular weight is 311 g/mol. The Morgan fingerprint density at radius 3 is 2.43 bits per heavy atom. The molecule has 1 N–H and O–H groups in total. The number of carbonyl (C=O) groups excluding carboxylic acids is 1. The summed E-state index contributed by atoms with van der Waals surface area (Å²) in [7, 11) is 4.31. The Bertz CT molecular complexity index is 609. The normalized spacial score (nSPS) is 30.5. The van der Waals surface area contributed by atoms with E-state index >= 15 is 0 Å². The van der Waals surface area contributed by atoms with E-state index in [1.54, 1.807) is 4.90 Å². The fourth-order valence-corrected chi connectivity index (χ4v) is 4.19. The molecule has 0 aromatic heterocycles. The highest BCUT2D eigenvalue weighted by Gasteiger charge is 2.49. The number of benzene rings is 1. The van der Waals surface area contributed by atoms with E-state index in [4.69, 9.17) is 6.42 Å². The van der Waals surface area contributed by atoms with E-state index in [0.717, 1.165) is 32.2 Å². The Morgan fingerprint density at radius 2 is 1.87 bits per heavy atom. The van der Waals surface area contributed by atoms with Crippen molar-refractivity contribution in [1.29, 1.82) is 0 Å². The van der Waals surface area contributed by atoms with Gasteiger partial charge in [0, 0.05) is 12.1 Å². The van der Waals surface area contributed by atoms with Gasteiger partial charge in [0.05, 0.1) is 12.1 Å². The monoisotopic (exact) mass is 311 g/mol. The first kappa shape index (κ1) is 15.9. The Balaban J connectivity index is 1.79. The zero-order valence-corrected chi connectivity index (χ0v) is 14.0.